The van der Waals surface area contributed by atoms with Crippen LogP contribution in [0.2, 0.25) is 0 Å². The van der Waals surface area contributed by atoms with E-state index in [-0.39, 0.29) is 0 Å². The smallest absolute Gasteiger partial charge is 0.0643 e. The second-order valence-corrected chi connectivity index (χ2v) is 5.31. The molecule has 2 heterocycles. The highest BCUT2D eigenvalue weighted by molar-refractivity contribution is 4.95. The first-order chi connectivity index (χ1) is 7.43. The number of hydrogen-bond acceptors (Lipinski definition) is 3. The summed E-state index contributed by atoms with van der Waals surface area (Å²) in [5.41, 5.74) is 0. The van der Waals surface area contributed by atoms with Crippen molar-refractivity contribution in [2.75, 3.05) is 19.8 Å². The molecule has 2 N–H and O–H groups in total. The Balaban J connectivity index is 1.55. The average Bonchev–Trinajstić information content (AvgIpc) is 2.81. The highest BCUT2D eigenvalue weighted by Gasteiger charge is 2.36. The molecule has 86 valence electrons. The molecule has 3 nitrogen and oxygen atoms in total. The first-order valence-electron chi connectivity index (χ1n) is 6.50. The molecule has 0 aromatic heterocycles. The van der Waals surface area contributed by atoms with Gasteiger partial charge in [0, 0.05) is 12.1 Å². The van der Waals surface area contributed by atoms with Crippen molar-refractivity contribution in [3.63, 3.8) is 0 Å². The molecule has 1 aliphatic carbocycles. The van der Waals surface area contributed by atoms with Crippen molar-refractivity contribution >= 4 is 0 Å². The summed E-state index contributed by atoms with van der Waals surface area (Å²) in [5, 5.41) is 7.44. The first kappa shape index (κ1) is 10.1. The number of rotatable bonds is 3. The van der Waals surface area contributed by atoms with Crippen LogP contribution in [-0.2, 0) is 4.74 Å². The van der Waals surface area contributed by atoms with Crippen LogP contribution in [0.5, 0.6) is 0 Å². The molecule has 0 amide bonds. The number of hydrogen-bond donors (Lipinski definition) is 2. The van der Waals surface area contributed by atoms with E-state index in [1.54, 1.807) is 0 Å². The van der Waals surface area contributed by atoms with Gasteiger partial charge >= 0.3 is 0 Å². The Bertz CT molecular complexity index is 212. The molecule has 2 saturated heterocycles. The molecule has 3 unspecified atom stereocenters. The quantitative estimate of drug-likeness (QED) is 0.726. The van der Waals surface area contributed by atoms with Gasteiger partial charge < -0.3 is 15.4 Å². The van der Waals surface area contributed by atoms with Gasteiger partial charge in [0.05, 0.1) is 19.3 Å². The van der Waals surface area contributed by atoms with Gasteiger partial charge in [-0.15, -0.1) is 0 Å². The second-order valence-electron chi connectivity index (χ2n) is 5.31. The lowest BCUT2D eigenvalue weighted by Crippen LogP contribution is -2.53. The minimum atomic E-state index is 0.650. The van der Waals surface area contributed by atoms with Gasteiger partial charge in [0.15, 0.2) is 0 Å². The van der Waals surface area contributed by atoms with E-state index in [0.29, 0.717) is 6.04 Å². The Morgan fingerprint density at radius 3 is 2.67 bits per heavy atom. The molecule has 2 aliphatic heterocycles. The molecule has 3 rings (SSSR count). The van der Waals surface area contributed by atoms with E-state index in [9.17, 15) is 0 Å². The molecule has 0 aromatic carbocycles. The van der Waals surface area contributed by atoms with Crippen LogP contribution < -0.4 is 10.6 Å². The second kappa shape index (κ2) is 4.40. The molecular weight excluding hydrogens is 188 g/mol. The normalized spacial score (nSPS) is 42.0. The Morgan fingerprint density at radius 2 is 2.00 bits per heavy atom. The molecule has 0 aromatic rings. The van der Waals surface area contributed by atoms with Gasteiger partial charge in [-0.25, -0.2) is 0 Å². The van der Waals surface area contributed by atoms with Crippen molar-refractivity contribution in [2.24, 2.45) is 5.92 Å². The van der Waals surface area contributed by atoms with Gasteiger partial charge in [0.1, 0.15) is 0 Å². The van der Waals surface area contributed by atoms with E-state index in [4.69, 9.17) is 4.74 Å². The minimum absolute atomic E-state index is 0.650. The largest absolute Gasteiger partial charge is 0.378 e. The van der Waals surface area contributed by atoms with Crippen molar-refractivity contribution in [1.82, 2.24) is 10.6 Å². The summed E-state index contributed by atoms with van der Waals surface area (Å²) in [6, 6.07) is 2.21. The SMILES string of the molecule is C1CNC(C2CCCC2NC2COC2)C1. The molecule has 3 atom stereocenters. The summed E-state index contributed by atoms with van der Waals surface area (Å²) < 4.78 is 5.23. The first-order valence-corrected chi connectivity index (χ1v) is 6.50. The molecule has 0 radical (unpaired) electrons. The maximum atomic E-state index is 5.23. The van der Waals surface area contributed by atoms with E-state index < -0.39 is 0 Å². The fourth-order valence-corrected chi connectivity index (χ4v) is 3.39. The molecule has 1 saturated carbocycles. The van der Waals surface area contributed by atoms with E-state index in [2.05, 4.69) is 10.6 Å². The van der Waals surface area contributed by atoms with Crippen LogP contribution in [0.15, 0.2) is 0 Å². The van der Waals surface area contributed by atoms with E-state index >= 15 is 0 Å². The zero-order valence-electron chi connectivity index (χ0n) is 9.37. The standard InChI is InChI=1S/C12H22N2O/c1-3-10(11-5-2-6-13-11)12(4-1)14-9-7-15-8-9/h9-14H,1-8H2. The fraction of sp³-hybridized carbons (Fsp3) is 1.00. The third-order valence-corrected chi connectivity index (χ3v) is 4.27. The van der Waals surface area contributed by atoms with Crippen molar-refractivity contribution in [2.45, 2.75) is 50.2 Å². The number of nitrogens with one attached hydrogen (secondary N) is 2. The van der Waals surface area contributed by atoms with Crippen molar-refractivity contribution in [3.8, 4) is 0 Å². The van der Waals surface area contributed by atoms with Crippen molar-refractivity contribution in [3.05, 3.63) is 0 Å². The Labute approximate surface area is 91.9 Å². The summed E-state index contributed by atoms with van der Waals surface area (Å²) in [4.78, 5) is 0. The van der Waals surface area contributed by atoms with Gasteiger partial charge in [0.25, 0.3) is 0 Å². The molecule has 3 heteroatoms. The van der Waals surface area contributed by atoms with Crippen LogP contribution in [0.1, 0.15) is 32.1 Å². The lowest BCUT2D eigenvalue weighted by molar-refractivity contribution is -0.0127. The van der Waals surface area contributed by atoms with Gasteiger partial charge in [-0.05, 0) is 38.1 Å². The predicted octanol–water partition coefficient (Wildman–Crippen LogP) is 0.895. The third kappa shape index (κ3) is 2.05. The summed E-state index contributed by atoms with van der Waals surface area (Å²) in [7, 11) is 0. The monoisotopic (exact) mass is 210 g/mol. The summed E-state index contributed by atoms with van der Waals surface area (Å²) in [5.74, 6) is 0.882. The Hall–Kier alpha value is -0.120. The topological polar surface area (TPSA) is 33.3 Å². The lowest BCUT2D eigenvalue weighted by Gasteiger charge is -2.34. The zero-order chi connectivity index (χ0) is 10.1. The summed E-state index contributed by atoms with van der Waals surface area (Å²) in [6.45, 7) is 3.10. The van der Waals surface area contributed by atoms with Crippen LogP contribution >= 0.6 is 0 Å². The zero-order valence-corrected chi connectivity index (χ0v) is 9.37. The van der Waals surface area contributed by atoms with Gasteiger partial charge in [0.2, 0.25) is 0 Å². The fourth-order valence-electron chi connectivity index (χ4n) is 3.39. The molecule has 0 spiro atoms. The van der Waals surface area contributed by atoms with Crippen LogP contribution in [0, 0.1) is 5.92 Å². The predicted molar refractivity (Wildman–Crippen MR) is 59.9 cm³/mol. The minimum Gasteiger partial charge on any atom is -0.378 e. The van der Waals surface area contributed by atoms with E-state index in [1.165, 1.54) is 38.6 Å². The van der Waals surface area contributed by atoms with Crippen molar-refractivity contribution in [1.29, 1.82) is 0 Å². The van der Waals surface area contributed by atoms with Crippen LogP contribution in [0.25, 0.3) is 0 Å². The van der Waals surface area contributed by atoms with Gasteiger partial charge in [-0.1, -0.05) is 6.42 Å². The summed E-state index contributed by atoms with van der Waals surface area (Å²) >= 11 is 0. The Morgan fingerprint density at radius 1 is 1.07 bits per heavy atom. The highest BCUT2D eigenvalue weighted by atomic mass is 16.5. The van der Waals surface area contributed by atoms with Crippen LogP contribution in [-0.4, -0.2) is 37.9 Å². The van der Waals surface area contributed by atoms with Gasteiger partial charge in [-0.3, -0.25) is 0 Å². The molecule has 0 bridgehead atoms. The molecule has 3 aliphatic rings. The Kier molecular flexibility index (Phi) is 2.95. The number of ether oxygens (including phenoxy) is 1. The molecule has 15 heavy (non-hydrogen) atoms. The molecular formula is C12H22N2O. The molecule has 3 fully saturated rings. The highest BCUT2D eigenvalue weighted by Crippen LogP contribution is 2.32. The van der Waals surface area contributed by atoms with Gasteiger partial charge in [-0.2, -0.15) is 0 Å². The average molecular weight is 210 g/mol. The third-order valence-electron chi connectivity index (χ3n) is 4.27. The maximum absolute atomic E-state index is 5.23. The van der Waals surface area contributed by atoms with Crippen LogP contribution in [0.4, 0.5) is 0 Å². The lowest BCUT2D eigenvalue weighted by atomic mass is 9.92. The summed E-state index contributed by atoms with van der Waals surface area (Å²) in [6.07, 6.45) is 6.97. The van der Waals surface area contributed by atoms with Crippen molar-refractivity contribution < 1.29 is 4.74 Å². The van der Waals surface area contributed by atoms with E-state index in [0.717, 1.165) is 31.2 Å². The van der Waals surface area contributed by atoms with Crippen LogP contribution in [0.3, 0.4) is 0 Å². The maximum Gasteiger partial charge on any atom is 0.0643 e. The van der Waals surface area contributed by atoms with E-state index in [1.807, 2.05) is 0 Å².